The van der Waals surface area contributed by atoms with Crippen molar-refractivity contribution in [2.75, 3.05) is 11.5 Å². The second-order valence-electron chi connectivity index (χ2n) is 4.16. The molecule has 0 bridgehead atoms. The Labute approximate surface area is 89.9 Å². The molecular weight excluding hydrogens is 194 g/mol. The van der Waals surface area contributed by atoms with Gasteiger partial charge in [-0.05, 0) is 25.0 Å². The molecule has 1 unspecified atom stereocenters. The van der Waals surface area contributed by atoms with Gasteiger partial charge in [-0.2, -0.15) is 11.8 Å². The molecule has 14 heavy (non-hydrogen) atoms. The van der Waals surface area contributed by atoms with Crippen molar-refractivity contribution in [2.24, 2.45) is 10.7 Å². The fraction of sp³-hybridized carbons (Fsp3) is 0.900. The predicted octanol–water partition coefficient (Wildman–Crippen LogP) is 1.34. The van der Waals surface area contributed by atoms with E-state index in [1.807, 2.05) is 11.8 Å². The van der Waals surface area contributed by atoms with Gasteiger partial charge in [0.1, 0.15) is 0 Å². The lowest BCUT2D eigenvalue weighted by Gasteiger charge is -2.13. The van der Waals surface area contributed by atoms with Crippen LogP contribution in [0.1, 0.15) is 32.1 Å². The van der Waals surface area contributed by atoms with E-state index in [4.69, 9.17) is 5.73 Å². The molecule has 1 saturated carbocycles. The first kappa shape index (κ1) is 10.1. The third-order valence-corrected chi connectivity index (χ3v) is 4.09. The minimum Gasteiger partial charge on any atom is -0.370 e. The average molecular weight is 213 g/mol. The Morgan fingerprint density at radius 1 is 1.29 bits per heavy atom. The fourth-order valence-electron chi connectivity index (χ4n) is 2.12. The molecular formula is C10H19N3S. The van der Waals surface area contributed by atoms with Gasteiger partial charge in [-0.3, -0.25) is 4.99 Å². The van der Waals surface area contributed by atoms with Crippen molar-refractivity contribution in [3.05, 3.63) is 0 Å². The van der Waals surface area contributed by atoms with E-state index in [0.29, 0.717) is 18.0 Å². The van der Waals surface area contributed by atoms with E-state index in [-0.39, 0.29) is 0 Å². The summed E-state index contributed by atoms with van der Waals surface area (Å²) in [6.45, 7) is 0. The molecule has 0 amide bonds. The van der Waals surface area contributed by atoms with Gasteiger partial charge in [0, 0.05) is 11.8 Å². The highest BCUT2D eigenvalue weighted by molar-refractivity contribution is 7.99. The summed E-state index contributed by atoms with van der Waals surface area (Å²) in [7, 11) is 0. The van der Waals surface area contributed by atoms with E-state index >= 15 is 0 Å². The van der Waals surface area contributed by atoms with Gasteiger partial charge in [0.15, 0.2) is 5.96 Å². The number of nitrogens with two attached hydrogens (primary N) is 1. The summed E-state index contributed by atoms with van der Waals surface area (Å²) >= 11 is 1.99. The predicted molar refractivity (Wildman–Crippen MR) is 62.7 cm³/mol. The molecule has 0 aromatic heterocycles. The summed E-state index contributed by atoms with van der Waals surface area (Å²) in [5.41, 5.74) is 5.86. The van der Waals surface area contributed by atoms with Gasteiger partial charge in [0.25, 0.3) is 0 Å². The van der Waals surface area contributed by atoms with Crippen LogP contribution in [0.15, 0.2) is 4.99 Å². The Kier molecular flexibility index (Phi) is 3.56. The summed E-state index contributed by atoms with van der Waals surface area (Å²) in [5.74, 6) is 3.11. The summed E-state index contributed by atoms with van der Waals surface area (Å²) in [4.78, 5) is 4.51. The Balaban J connectivity index is 1.77. The maximum Gasteiger partial charge on any atom is 0.189 e. The van der Waals surface area contributed by atoms with E-state index in [1.165, 1.54) is 43.6 Å². The van der Waals surface area contributed by atoms with Gasteiger partial charge in [-0.25, -0.2) is 0 Å². The molecule has 0 aromatic rings. The zero-order valence-electron chi connectivity index (χ0n) is 8.54. The average Bonchev–Trinajstić information content (AvgIpc) is 2.76. The first-order valence-corrected chi connectivity index (χ1v) is 6.67. The van der Waals surface area contributed by atoms with Crippen LogP contribution in [0.2, 0.25) is 0 Å². The number of nitrogens with one attached hydrogen (secondary N) is 1. The standard InChI is InChI=1S/C10H19N3S/c11-10(12-8-3-1-2-4-8)13-9-5-6-14-7-9/h8-9H,1-7H2,(H3,11,12,13). The number of aliphatic imine (C=N–C) groups is 1. The largest absolute Gasteiger partial charge is 0.370 e. The lowest BCUT2D eigenvalue weighted by atomic mass is 10.2. The van der Waals surface area contributed by atoms with Gasteiger partial charge in [-0.15, -0.1) is 0 Å². The van der Waals surface area contributed by atoms with Crippen LogP contribution in [-0.2, 0) is 0 Å². The van der Waals surface area contributed by atoms with E-state index in [2.05, 4.69) is 10.3 Å². The number of guanidine groups is 1. The molecule has 0 spiro atoms. The molecule has 2 fully saturated rings. The number of thioether (sulfide) groups is 1. The normalized spacial score (nSPS) is 29.7. The van der Waals surface area contributed by atoms with Gasteiger partial charge in [-0.1, -0.05) is 12.8 Å². The monoisotopic (exact) mass is 213 g/mol. The molecule has 0 aromatic carbocycles. The third kappa shape index (κ3) is 2.80. The quantitative estimate of drug-likeness (QED) is 0.537. The van der Waals surface area contributed by atoms with Crippen molar-refractivity contribution in [3.8, 4) is 0 Å². The van der Waals surface area contributed by atoms with Crippen LogP contribution in [-0.4, -0.2) is 29.5 Å². The number of nitrogens with zero attached hydrogens (tertiary/aromatic N) is 1. The van der Waals surface area contributed by atoms with Crippen LogP contribution in [0.3, 0.4) is 0 Å². The van der Waals surface area contributed by atoms with E-state index in [9.17, 15) is 0 Å². The van der Waals surface area contributed by atoms with Crippen LogP contribution >= 0.6 is 11.8 Å². The molecule has 80 valence electrons. The highest BCUT2D eigenvalue weighted by Crippen LogP contribution is 2.21. The first-order chi connectivity index (χ1) is 6.84. The van der Waals surface area contributed by atoms with Crippen LogP contribution in [0.4, 0.5) is 0 Å². The van der Waals surface area contributed by atoms with Crippen LogP contribution in [0.5, 0.6) is 0 Å². The minimum absolute atomic E-state index is 0.497. The van der Waals surface area contributed by atoms with E-state index in [0.717, 1.165) is 0 Å². The Bertz CT molecular complexity index is 205. The lowest BCUT2D eigenvalue weighted by Crippen LogP contribution is -2.40. The van der Waals surface area contributed by atoms with Gasteiger partial charge in [0.2, 0.25) is 0 Å². The maximum atomic E-state index is 5.86. The highest BCUT2D eigenvalue weighted by Gasteiger charge is 2.17. The molecule has 1 atom stereocenters. The molecule has 1 aliphatic carbocycles. The van der Waals surface area contributed by atoms with Crippen LogP contribution in [0, 0.1) is 0 Å². The fourth-order valence-corrected chi connectivity index (χ4v) is 3.28. The highest BCUT2D eigenvalue weighted by atomic mass is 32.2. The Morgan fingerprint density at radius 3 is 2.71 bits per heavy atom. The van der Waals surface area contributed by atoms with Crippen molar-refractivity contribution in [1.82, 2.24) is 5.32 Å². The Morgan fingerprint density at radius 2 is 2.07 bits per heavy atom. The van der Waals surface area contributed by atoms with Crippen LogP contribution < -0.4 is 11.1 Å². The number of hydrogen-bond acceptors (Lipinski definition) is 2. The second-order valence-corrected chi connectivity index (χ2v) is 5.31. The molecule has 4 heteroatoms. The minimum atomic E-state index is 0.497. The van der Waals surface area contributed by atoms with Crippen molar-refractivity contribution in [2.45, 2.75) is 44.2 Å². The van der Waals surface area contributed by atoms with Crippen LogP contribution in [0.25, 0.3) is 0 Å². The molecule has 2 aliphatic rings. The van der Waals surface area contributed by atoms with E-state index < -0.39 is 0 Å². The van der Waals surface area contributed by atoms with E-state index in [1.54, 1.807) is 0 Å². The molecule has 2 rings (SSSR count). The van der Waals surface area contributed by atoms with Gasteiger partial charge < -0.3 is 11.1 Å². The smallest absolute Gasteiger partial charge is 0.189 e. The number of hydrogen-bond donors (Lipinski definition) is 2. The number of rotatable bonds is 2. The van der Waals surface area contributed by atoms with Gasteiger partial charge in [0.05, 0.1) is 6.04 Å². The molecule has 1 aliphatic heterocycles. The maximum absolute atomic E-state index is 5.86. The van der Waals surface area contributed by atoms with Crippen molar-refractivity contribution < 1.29 is 0 Å². The first-order valence-electron chi connectivity index (χ1n) is 5.52. The molecule has 1 heterocycles. The molecule has 3 nitrogen and oxygen atoms in total. The summed E-state index contributed by atoms with van der Waals surface area (Å²) in [6, 6.07) is 1.06. The summed E-state index contributed by atoms with van der Waals surface area (Å²) < 4.78 is 0. The van der Waals surface area contributed by atoms with Gasteiger partial charge >= 0.3 is 0 Å². The zero-order valence-corrected chi connectivity index (χ0v) is 9.35. The molecule has 0 radical (unpaired) electrons. The lowest BCUT2D eigenvalue weighted by molar-refractivity contribution is 0.651. The second kappa shape index (κ2) is 4.91. The molecule has 1 saturated heterocycles. The summed E-state index contributed by atoms with van der Waals surface area (Å²) in [6.07, 6.45) is 6.32. The zero-order chi connectivity index (χ0) is 9.80. The SMILES string of the molecule is NC(=NC1CCCC1)NC1CCSC1. The molecule has 3 N–H and O–H groups in total. The van der Waals surface area contributed by atoms with Crippen molar-refractivity contribution >= 4 is 17.7 Å². The Hall–Kier alpha value is -0.380. The van der Waals surface area contributed by atoms with Crippen molar-refractivity contribution in [1.29, 1.82) is 0 Å². The van der Waals surface area contributed by atoms with Crippen molar-refractivity contribution in [3.63, 3.8) is 0 Å². The third-order valence-electron chi connectivity index (χ3n) is 2.93. The summed E-state index contributed by atoms with van der Waals surface area (Å²) in [5, 5.41) is 3.31. The topological polar surface area (TPSA) is 50.4 Å².